The Morgan fingerprint density at radius 2 is 2.56 bits per heavy atom. The van der Waals surface area contributed by atoms with E-state index >= 15 is 0 Å². The number of amides is 1. The summed E-state index contributed by atoms with van der Waals surface area (Å²) in [5, 5.41) is 6.18. The molecule has 1 aliphatic heterocycles. The Morgan fingerprint density at radius 3 is 3.19 bits per heavy atom. The molecule has 7 heteroatoms. The molecule has 16 heavy (non-hydrogen) atoms. The molecule has 0 aliphatic carbocycles. The van der Waals surface area contributed by atoms with Gasteiger partial charge in [-0.25, -0.2) is 0 Å². The van der Waals surface area contributed by atoms with Gasteiger partial charge in [0.05, 0.1) is 19.3 Å². The molecule has 1 aromatic heterocycles. The molecule has 2 rings (SSSR count). The zero-order valence-electron chi connectivity index (χ0n) is 9.14. The number of nitrogens with zero attached hydrogens (tertiary/aromatic N) is 3. The van der Waals surface area contributed by atoms with Gasteiger partial charge in [0.1, 0.15) is 0 Å². The smallest absolute Gasteiger partial charge is 0.291 e. The van der Waals surface area contributed by atoms with Gasteiger partial charge in [0.2, 0.25) is 11.8 Å². The molecular formula is C9H15N5O2. The van der Waals surface area contributed by atoms with Gasteiger partial charge in [-0.3, -0.25) is 9.89 Å². The van der Waals surface area contributed by atoms with Crippen LogP contribution in [-0.4, -0.2) is 51.8 Å². The monoisotopic (exact) mass is 225 g/mol. The van der Waals surface area contributed by atoms with E-state index < -0.39 is 0 Å². The van der Waals surface area contributed by atoms with E-state index in [1.165, 1.54) is 0 Å². The van der Waals surface area contributed by atoms with Crippen LogP contribution in [0.1, 0.15) is 24.0 Å². The second-order valence-corrected chi connectivity index (χ2v) is 3.68. The number of carbonyl (C=O) groups excluding carboxylic acids is 1. The molecule has 1 atom stereocenters. The van der Waals surface area contributed by atoms with Gasteiger partial charge in [0.15, 0.2) is 0 Å². The van der Waals surface area contributed by atoms with Gasteiger partial charge in [0.25, 0.3) is 5.91 Å². The summed E-state index contributed by atoms with van der Waals surface area (Å²) >= 11 is 0. The van der Waals surface area contributed by atoms with Crippen LogP contribution >= 0.6 is 0 Å². The minimum Gasteiger partial charge on any atom is -0.377 e. The van der Waals surface area contributed by atoms with Crippen molar-refractivity contribution in [1.82, 2.24) is 20.1 Å². The van der Waals surface area contributed by atoms with Gasteiger partial charge in [-0.1, -0.05) is 6.92 Å². The average Bonchev–Trinajstić information content (AvgIpc) is 2.75. The first-order chi connectivity index (χ1) is 7.72. The number of nitrogen functional groups attached to an aromatic ring is 1. The Labute approximate surface area is 93.0 Å². The van der Waals surface area contributed by atoms with E-state index in [0.717, 1.165) is 6.42 Å². The highest BCUT2D eigenvalue weighted by atomic mass is 16.5. The third kappa shape index (κ3) is 1.99. The quantitative estimate of drug-likeness (QED) is 0.716. The SMILES string of the molecule is CCC1COCCN1C(=O)c1nc(N)n[nH]1. The number of hydrogen-bond acceptors (Lipinski definition) is 5. The summed E-state index contributed by atoms with van der Waals surface area (Å²) in [6.45, 7) is 3.74. The van der Waals surface area contributed by atoms with Gasteiger partial charge >= 0.3 is 0 Å². The van der Waals surface area contributed by atoms with E-state index in [1.807, 2.05) is 6.92 Å². The molecule has 3 N–H and O–H groups in total. The van der Waals surface area contributed by atoms with Crippen molar-refractivity contribution in [2.45, 2.75) is 19.4 Å². The van der Waals surface area contributed by atoms with E-state index in [0.29, 0.717) is 19.8 Å². The molecule has 0 aromatic carbocycles. The number of nitrogens with two attached hydrogens (primary N) is 1. The van der Waals surface area contributed by atoms with Crippen LogP contribution in [0, 0.1) is 0 Å². The molecule has 88 valence electrons. The molecule has 0 spiro atoms. The number of nitrogens with one attached hydrogen (secondary N) is 1. The van der Waals surface area contributed by atoms with E-state index in [4.69, 9.17) is 10.5 Å². The average molecular weight is 225 g/mol. The van der Waals surface area contributed by atoms with Crippen molar-refractivity contribution < 1.29 is 9.53 Å². The predicted molar refractivity (Wildman–Crippen MR) is 56.7 cm³/mol. The maximum absolute atomic E-state index is 12.1. The van der Waals surface area contributed by atoms with Crippen molar-refractivity contribution in [2.75, 3.05) is 25.5 Å². The third-order valence-corrected chi connectivity index (χ3v) is 2.66. The van der Waals surface area contributed by atoms with Crippen molar-refractivity contribution in [3.63, 3.8) is 0 Å². The lowest BCUT2D eigenvalue weighted by molar-refractivity contribution is -0.00341. The number of aromatic amines is 1. The molecule has 0 radical (unpaired) electrons. The number of ether oxygens (including phenoxy) is 1. The Bertz CT molecular complexity index is 378. The summed E-state index contributed by atoms with van der Waals surface area (Å²) in [6.07, 6.45) is 0.857. The summed E-state index contributed by atoms with van der Waals surface area (Å²) in [5.74, 6) is 0.113. The van der Waals surface area contributed by atoms with Gasteiger partial charge in [0, 0.05) is 6.54 Å². The number of carbonyl (C=O) groups is 1. The number of anilines is 1. The van der Waals surface area contributed by atoms with E-state index in [-0.39, 0.29) is 23.7 Å². The molecule has 1 fully saturated rings. The van der Waals surface area contributed by atoms with Crippen LogP contribution in [0.4, 0.5) is 5.95 Å². The summed E-state index contributed by atoms with van der Waals surface area (Å²) in [5.41, 5.74) is 5.36. The standard InChI is InChI=1S/C9H15N5O2/c1-2-6-5-16-4-3-14(6)8(15)7-11-9(10)13-12-7/h6H,2-5H2,1H3,(H3,10,11,12,13). The zero-order valence-corrected chi connectivity index (χ0v) is 9.14. The molecular weight excluding hydrogens is 210 g/mol. The van der Waals surface area contributed by atoms with Crippen LogP contribution in [0.15, 0.2) is 0 Å². The minimum atomic E-state index is -0.167. The molecule has 1 aromatic rings. The van der Waals surface area contributed by atoms with Crippen molar-refractivity contribution in [3.05, 3.63) is 5.82 Å². The van der Waals surface area contributed by atoms with Gasteiger partial charge in [-0.05, 0) is 6.42 Å². The fourth-order valence-electron chi connectivity index (χ4n) is 1.77. The number of rotatable bonds is 2. The second kappa shape index (κ2) is 4.48. The molecule has 1 amide bonds. The van der Waals surface area contributed by atoms with Crippen LogP contribution < -0.4 is 5.73 Å². The van der Waals surface area contributed by atoms with Gasteiger partial charge in [-0.2, -0.15) is 4.98 Å². The normalized spacial score (nSPS) is 21.1. The van der Waals surface area contributed by atoms with Crippen molar-refractivity contribution in [3.8, 4) is 0 Å². The Balaban J connectivity index is 2.13. The number of H-pyrrole nitrogens is 1. The Kier molecular flexibility index (Phi) is 3.04. The zero-order chi connectivity index (χ0) is 11.5. The molecule has 0 saturated carbocycles. The van der Waals surface area contributed by atoms with Gasteiger partial charge < -0.3 is 15.4 Å². The molecule has 7 nitrogen and oxygen atoms in total. The highest BCUT2D eigenvalue weighted by molar-refractivity contribution is 5.91. The molecule has 1 saturated heterocycles. The number of morpholine rings is 1. The largest absolute Gasteiger partial charge is 0.377 e. The molecule has 0 bridgehead atoms. The van der Waals surface area contributed by atoms with Crippen molar-refractivity contribution >= 4 is 11.9 Å². The summed E-state index contributed by atoms with van der Waals surface area (Å²) in [6, 6.07) is 0.104. The highest BCUT2D eigenvalue weighted by Gasteiger charge is 2.28. The minimum absolute atomic E-state index is 0.0876. The van der Waals surface area contributed by atoms with Crippen LogP contribution in [0.2, 0.25) is 0 Å². The number of aromatic nitrogens is 3. The lowest BCUT2D eigenvalue weighted by Gasteiger charge is -2.34. The first-order valence-electron chi connectivity index (χ1n) is 5.29. The lowest BCUT2D eigenvalue weighted by atomic mass is 10.1. The van der Waals surface area contributed by atoms with Crippen LogP contribution in [0.25, 0.3) is 0 Å². The van der Waals surface area contributed by atoms with E-state index in [9.17, 15) is 4.79 Å². The maximum Gasteiger partial charge on any atom is 0.291 e. The maximum atomic E-state index is 12.1. The molecule has 2 heterocycles. The first kappa shape index (κ1) is 10.9. The first-order valence-corrected chi connectivity index (χ1v) is 5.29. The Hall–Kier alpha value is -1.63. The van der Waals surface area contributed by atoms with E-state index in [2.05, 4.69) is 15.2 Å². The topological polar surface area (TPSA) is 97.1 Å². The third-order valence-electron chi connectivity index (χ3n) is 2.66. The van der Waals surface area contributed by atoms with Crippen LogP contribution in [-0.2, 0) is 4.74 Å². The number of hydrogen-bond donors (Lipinski definition) is 2. The van der Waals surface area contributed by atoms with Crippen LogP contribution in [0.3, 0.4) is 0 Å². The highest BCUT2D eigenvalue weighted by Crippen LogP contribution is 2.13. The Morgan fingerprint density at radius 1 is 1.75 bits per heavy atom. The van der Waals surface area contributed by atoms with Crippen molar-refractivity contribution in [1.29, 1.82) is 0 Å². The van der Waals surface area contributed by atoms with E-state index in [1.54, 1.807) is 4.90 Å². The molecule has 1 aliphatic rings. The van der Waals surface area contributed by atoms with Crippen LogP contribution in [0.5, 0.6) is 0 Å². The predicted octanol–water partition coefficient (Wildman–Crippen LogP) is -0.362. The fourth-order valence-corrected chi connectivity index (χ4v) is 1.77. The fraction of sp³-hybridized carbons (Fsp3) is 0.667. The summed E-state index contributed by atoms with van der Waals surface area (Å²) in [7, 11) is 0. The summed E-state index contributed by atoms with van der Waals surface area (Å²) < 4.78 is 5.33. The molecule has 1 unspecified atom stereocenters. The lowest BCUT2D eigenvalue weighted by Crippen LogP contribution is -2.48. The van der Waals surface area contributed by atoms with Crippen molar-refractivity contribution in [2.24, 2.45) is 0 Å². The summed E-state index contributed by atoms with van der Waals surface area (Å²) in [4.78, 5) is 17.7. The van der Waals surface area contributed by atoms with Gasteiger partial charge in [-0.15, -0.1) is 5.10 Å². The second-order valence-electron chi connectivity index (χ2n) is 3.68.